The normalized spacial score (nSPS) is 19.8. The molecule has 7 rings (SSSR count). The fraction of sp³-hybridized carbons (Fsp3) is 0.355. The number of morpholine rings is 1. The number of pyridine rings is 2. The first-order chi connectivity index (χ1) is 22.6. The Bertz CT molecular complexity index is 1960. The Hall–Kier alpha value is -4.84. The minimum Gasteiger partial charge on any atom is -0.497 e. The van der Waals surface area contributed by atoms with Gasteiger partial charge >= 0.3 is 0 Å². The second-order valence-corrected chi connectivity index (χ2v) is 10.9. The first-order valence-corrected chi connectivity index (χ1v) is 14.2. The van der Waals surface area contributed by atoms with Gasteiger partial charge in [0.15, 0.2) is 23.1 Å². The third-order valence-corrected chi connectivity index (χ3v) is 7.90. The SMILES string of the molecule is [2H]c1c(N2CCOCC2)ccc2nc(-c3cnc(N(Cc4ccc(OC)cc4)C([2H])([2H])[2H])c4nnc(NC(=O)[C@H]5C[C@H]5C)cc34)nn12. The predicted molar refractivity (Wildman–Crippen MR) is 163 cm³/mol. The van der Waals surface area contributed by atoms with E-state index >= 15 is 0 Å². The zero-order valence-corrected chi connectivity index (χ0v) is 23.8. The van der Waals surface area contributed by atoms with Crippen LogP contribution in [0.3, 0.4) is 0 Å². The summed E-state index contributed by atoms with van der Waals surface area (Å²) >= 11 is 0. The van der Waals surface area contributed by atoms with Crippen molar-refractivity contribution in [1.29, 1.82) is 0 Å². The lowest BCUT2D eigenvalue weighted by atomic mass is 10.1. The zero-order valence-electron chi connectivity index (χ0n) is 27.8. The molecule has 1 N–H and O–H groups in total. The lowest BCUT2D eigenvalue weighted by Crippen LogP contribution is -2.36. The molecule has 5 aromatic rings. The third kappa shape index (κ3) is 5.41. The van der Waals surface area contributed by atoms with Crippen molar-refractivity contribution in [2.45, 2.75) is 19.9 Å². The second-order valence-electron chi connectivity index (χ2n) is 10.9. The molecule has 4 aromatic heterocycles. The lowest BCUT2D eigenvalue weighted by Gasteiger charge is -2.28. The third-order valence-electron chi connectivity index (χ3n) is 7.90. The maximum Gasteiger partial charge on any atom is 0.228 e. The van der Waals surface area contributed by atoms with Crippen molar-refractivity contribution in [3.63, 3.8) is 0 Å². The average molecular weight is 584 g/mol. The van der Waals surface area contributed by atoms with E-state index in [2.05, 4.69) is 30.5 Å². The fourth-order valence-corrected chi connectivity index (χ4v) is 5.26. The van der Waals surface area contributed by atoms with E-state index in [1.165, 1.54) is 15.6 Å². The average Bonchev–Trinajstić information content (AvgIpc) is 3.65. The van der Waals surface area contributed by atoms with Crippen molar-refractivity contribution in [3.05, 3.63) is 60.4 Å². The van der Waals surface area contributed by atoms with Crippen LogP contribution in [0.4, 0.5) is 17.3 Å². The highest BCUT2D eigenvalue weighted by Gasteiger charge is 2.39. The van der Waals surface area contributed by atoms with Crippen LogP contribution in [0.1, 0.15) is 24.4 Å². The number of hydrogen-bond acceptors (Lipinski definition) is 10. The molecule has 1 aromatic carbocycles. The van der Waals surface area contributed by atoms with Gasteiger partial charge < -0.3 is 24.6 Å². The number of carbonyl (C=O) groups is 1. The quantitative estimate of drug-likeness (QED) is 0.288. The van der Waals surface area contributed by atoms with Gasteiger partial charge in [-0.25, -0.2) is 14.5 Å². The maximum absolute atomic E-state index is 12.8. The van der Waals surface area contributed by atoms with Crippen molar-refractivity contribution in [2.75, 3.05) is 55.5 Å². The molecule has 0 unspecified atom stereocenters. The molecule has 1 amide bonds. The van der Waals surface area contributed by atoms with Gasteiger partial charge in [0, 0.05) is 53.8 Å². The Morgan fingerprint density at radius 2 is 2.02 bits per heavy atom. The molecular weight excluding hydrogens is 546 g/mol. The van der Waals surface area contributed by atoms with Crippen LogP contribution in [0.5, 0.6) is 5.75 Å². The number of nitrogens with zero attached hydrogens (tertiary/aromatic N) is 8. The first kappa shape index (κ1) is 22.7. The number of benzene rings is 1. The molecule has 0 bridgehead atoms. The largest absolute Gasteiger partial charge is 0.497 e. The lowest BCUT2D eigenvalue weighted by molar-refractivity contribution is -0.117. The number of anilines is 3. The minimum absolute atomic E-state index is 0.000805. The summed E-state index contributed by atoms with van der Waals surface area (Å²) in [7, 11) is 1.56. The summed E-state index contributed by atoms with van der Waals surface area (Å²) in [4.78, 5) is 25.4. The molecule has 12 nitrogen and oxygen atoms in total. The van der Waals surface area contributed by atoms with Crippen LogP contribution in [-0.4, -0.2) is 76.1 Å². The van der Waals surface area contributed by atoms with E-state index in [4.69, 9.17) is 19.9 Å². The Labute approximate surface area is 254 Å². The summed E-state index contributed by atoms with van der Waals surface area (Å²) in [6.07, 6.45) is 2.48. The summed E-state index contributed by atoms with van der Waals surface area (Å²) in [6, 6.07) is 12.4. The monoisotopic (exact) mass is 583 g/mol. The Morgan fingerprint density at radius 3 is 2.77 bits per heavy atom. The van der Waals surface area contributed by atoms with Gasteiger partial charge in [-0.1, -0.05) is 19.1 Å². The molecule has 43 heavy (non-hydrogen) atoms. The van der Waals surface area contributed by atoms with Crippen LogP contribution >= 0.6 is 0 Å². The number of amides is 1. The second kappa shape index (κ2) is 11.1. The smallest absolute Gasteiger partial charge is 0.228 e. The van der Waals surface area contributed by atoms with E-state index in [0.29, 0.717) is 60.3 Å². The number of fused-ring (bicyclic) bond motifs is 2. The van der Waals surface area contributed by atoms with Crippen LogP contribution in [0, 0.1) is 11.8 Å². The number of hydrogen-bond donors (Lipinski definition) is 1. The van der Waals surface area contributed by atoms with E-state index in [0.717, 1.165) is 12.0 Å². The van der Waals surface area contributed by atoms with E-state index in [1.54, 1.807) is 43.5 Å². The number of nitrogens with one attached hydrogen (secondary N) is 1. The molecule has 2 aliphatic rings. The summed E-state index contributed by atoms with van der Waals surface area (Å²) in [5.74, 6) is 1.27. The molecule has 1 aliphatic carbocycles. The van der Waals surface area contributed by atoms with Gasteiger partial charge in [-0.15, -0.1) is 15.3 Å². The topological polar surface area (TPSA) is 123 Å². The first-order valence-electron chi connectivity index (χ1n) is 16.2. The highest BCUT2D eigenvalue weighted by Crippen LogP contribution is 2.39. The summed E-state index contributed by atoms with van der Waals surface area (Å²) in [6.45, 7) is 1.91. The molecule has 0 radical (unpaired) electrons. The van der Waals surface area contributed by atoms with Gasteiger partial charge in [0.05, 0.1) is 33.6 Å². The van der Waals surface area contributed by atoms with Crippen molar-refractivity contribution in [2.24, 2.45) is 11.8 Å². The highest BCUT2D eigenvalue weighted by molar-refractivity contribution is 6.01. The maximum atomic E-state index is 12.8. The fourth-order valence-electron chi connectivity index (χ4n) is 5.26. The molecule has 2 atom stereocenters. The van der Waals surface area contributed by atoms with Crippen molar-refractivity contribution < 1.29 is 19.8 Å². The molecular formula is C31H33N9O3. The van der Waals surface area contributed by atoms with Gasteiger partial charge in [0.2, 0.25) is 5.91 Å². The number of aromatic nitrogens is 6. The van der Waals surface area contributed by atoms with E-state index in [1.807, 2.05) is 13.0 Å². The minimum atomic E-state index is -2.59. The van der Waals surface area contributed by atoms with Crippen molar-refractivity contribution in [1.82, 2.24) is 29.8 Å². The Morgan fingerprint density at radius 1 is 1.21 bits per heavy atom. The van der Waals surface area contributed by atoms with E-state index in [9.17, 15) is 4.79 Å². The molecule has 5 heterocycles. The summed E-state index contributed by atoms with van der Waals surface area (Å²) < 4.78 is 46.2. The molecule has 1 saturated carbocycles. The van der Waals surface area contributed by atoms with Crippen LogP contribution < -0.4 is 19.9 Å². The van der Waals surface area contributed by atoms with Gasteiger partial charge in [0.1, 0.15) is 11.3 Å². The number of methoxy groups -OCH3 is 1. The van der Waals surface area contributed by atoms with Gasteiger partial charge in [-0.2, -0.15) is 0 Å². The van der Waals surface area contributed by atoms with Crippen molar-refractivity contribution in [3.8, 4) is 17.1 Å². The Balaban J connectivity index is 1.34. The van der Waals surface area contributed by atoms with Crippen LogP contribution in [0.2, 0.25) is 0 Å². The Kier molecular flexibility index (Phi) is 5.86. The van der Waals surface area contributed by atoms with Gasteiger partial charge in [-0.3, -0.25) is 4.79 Å². The van der Waals surface area contributed by atoms with E-state index < -0.39 is 6.98 Å². The van der Waals surface area contributed by atoms with Crippen LogP contribution in [-0.2, 0) is 16.1 Å². The number of carbonyl (C=O) groups excluding carboxylic acids is 1. The molecule has 0 spiro atoms. The number of ether oxygens (including phenoxy) is 2. The van der Waals surface area contributed by atoms with E-state index in [-0.39, 0.29) is 47.5 Å². The highest BCUT2D eigenvalue weighted by atomic mass is 16.5. The van der Waals surface area contributed by atoms with Gasteiger partial charge in [-0.05, 0) is 48.2 Å². The zero-order chi connectivity index (χ0) is 32.9. The summed E-state index contributed by atoms with van der Waals surface area (Å²) in [5, 5.41) is 16.6. The van der Waals surface area contributed by atoms with Crippen molar-refractivity contribution >= 4 is 39.8 Å². The standard InChI is InChI=1S/C31H33N9O3/c1-19-14-23(19)31(41)33-26-15-24-25(29-34-27-9-6-21(18-40(27)37-29)39-10-12-43-13-11-39)16-32-30(28(24)36-35-26)38(2)17-20-4-7-22(42-3)8-5-20/h4-9,15-16,18-19,23H,10-14,17H2,1-3H3,(H,33,35,41)/t19-,23+/m1/s1/i2D3,18D. The summed E-state index contributed by atoms with van der Waals surface area (Å²) in [5.41, 5.74) is 2.54. The predicted octanol–water partition coefficient (Wildman–Crippen LogP) is 3.81. The van der Waals surface area contributed by atoms with Gasteiger partial charge in [0.25, 0.3) is 0 Å². The molecule has 1 saturated heterocycles. The molecule has 220 valence electrons. The van der Waals surface area contributed by atoms with Crippen LogP contribution in [0.25, 0.3) is 27.9 Å². The molecule has 1 aliphatic heterocycles. The van der Waals surface area contributed by atoms with Crippen LogP contribution in [0.15, 0.2) is 54.8 Å². The molecule has 2 fully saturated rings. The number of rotatable bonds is 8. The molecule has 12 heteroatoms.